The molecule has 1 aliphatic rings. The highest BCUT2D eigenvalue weighted by atomic mass is 16.4. The molecular weight excluding hydrogens is 364 g/mol. The summed E-state index contributed by atoms with van der Waals surface area (Å²) in [6.07, 6.45) is 2.21. The molecule has 0 bridgehead atoms. The van der Waals surface area contributed by atoms with Crippen molar-refractivity contribution in [3.63, 3.8) is 0 Å². The first-order valence-corrected chi connectivity index (χ1v) is 9.85. The van der Waals surface area contributed by atoms with Gasteiger partial charge < -0.3 is 9.52 Å². The second kappa shape index (κ2) is 8.16. The van der Waals surface area contributed by atoms with Gasteiger partial charge in [-0.25, -0.2) is 0 Å². The number of benzene rings is 2. The molecule has 1 aromatic heterocycles. The maximum absolute atomic E-state index is 10.9. The molecule has 2 aromatic carbocycles. The summed E-state index contributed by atoms with van der Waals surface area (Å²) in [6, 6.07) is 17.8. The molecule has 0 saturated heterocycles. The summed E-state index contributed by atoms with van der Waals surface area (Å²) >= 11 is 0. The highest BCUT2D eigenvalue weighted by Gasteiger charge is 2.34. The van der Waals surface area contributed by atoms with E-state index in [-0.39, 0.29) is 12.0 Å². The molecular formula is C23H24N4O2. The zero-order valence-electron chi connectivity index (χ0n) is 16.6. The zero-order valence-corrected chi connectivity index (χ0v) is 16.6. The first kappa shape index (κ1) is 19.3. The maximum Gasteiger partial charge on any atom is 0.219 e. The van der Waals surface area contributed by atoms with E-state index in [0.29, 0.717) is 17.3 Å². The first-order chi connectivity index (χ1) is 14.0. The highest BCUT2D eigenvalue weighted by molar-refractivity contribution is 5.64. The van der Waals surface area contributed by atoms with Crippen molar-refractivity contribution >= 4 is 0 Å². The van der Waals surface area contributed by atoms with Gasteiger partial charge in [0.25, 0.3) is 0 Å². The van der Waals surface area contributed by atoms with Gasteiger partial charge in [0.1, 0.15) is 6.23 Å². The van der Waals surface area contributed by atoms with Crippen molar-refractivity contribution in [1.82, 2.24) is 15.1 Å². The molecule has 6 nitrogen and oxygen atoms in total. The van der Waals surface area contributed by atoms with Crippen molar-refractivity contribution < 1.29 is 9.52 Å². The second-order valence-corrected chi connectivity index (χ2v) is 7.67. The van der Waals surface area contributed by atoms with Crippen LogP contribution in [0.1, 0.15) is 54.3 Å². The third-order valence-corrected chi connectivity index (χ3v) is 5.81. The van der Waals surface area contributed by atoms with E-state index >= 15 is 0 Å². The summed E-state index contributed by atoms with van der Waals surface area (Å²) in [7, 11) is 1.96. The van der Waals surface area contributed by atoms with E-state index < -0.39 is 6.23 Å². The Bertz CT molecular complexity index is 1000. The molecule has 0 radical (unpaired) electrons. The number of nitrogens with zero attached hydrogens (tertiary/aromatic N) is 4. The average molecular weight is 388 g/mol. The van der Waals surface area contributed by atoms with Crippen molar-refractivity contribution in [1.29, 1.82) is 5.26 Å². The smallest absolute Gasteiger partial charge is 0.219 e. The molecule has 1 aliphatic carbocycles. The van der Waals surface area contributed by atoms with E-state index in [1.807, 2.05) is 60.5 Å². The molecule has 0 spiro atoms. The predicted molar refractivity (Wildman–Crippen MR) is 109 cm³/mol. The summed E-state index contributed by atoms with van der Waals surface area (Å²) in [5.41, 5.74) is 3.61. The Morgan fingerprint density at radius 2 is 1.72 bits per heavy atom. The topological polar surface area (TPSA) is 86.2 Å². The van der Waals surface area contributed by atoms with E-state index in [2.05, 4.69) is 16.3 Å². The number of aliphatic hydroxyl groups is 1. The van der Waals surface area contributed by atoms with Crippen LogP contribution in [0.4, 0.5) is 0 Å². The number of aliphatic hydroxyl groups excluding tert-OH is 1. The third-order valence-electron chi connectivity index (χ3n) is 5.81. The van der Waals surface area contributed by atoms with E-state index in [9.17, 15) is 5.11 Å². The zero-order chi connectivity index (χ0) is 20.4. The number of hydrogen-bond acceptors (Lipinski definition) is 6. The molecule has 0 amide bonds. The van der Waals surface area contributed by atoms with Gasteiger partial charge in [0, 0.05) is 18.9 Å². The van der Waals surface area contributed by atoms with Crippen LogP contribution >= 0.6 is 0 Å². The van der Waals surface area contributed by atoms with Crippen LogP contribution in [0.15, 0.2) is 52.9 Å². The fourth-order valence-corrected chi connectivity index (χ4v) is 4.05. The van der Waals surface area contributed by atoms with Gasteiger partial charge >= 0.3 is 0 Å². The second-order valence-electron chi connectivity index (χ2n) is 7.67. The molecule has 3 aromatic rings. The molecule has 3 unspecified atom stereocenters. The molecule has 148 valence electrons. The van der Waals surface area contributed by atoms with Crippen LogP contribution in [0.5, 0.6) is 0 Å². The fourth-order valence-electron chi connectivity index (χ4n) is 4.05. The Morgan fingerprint density at radius 3 is 2.31 bits per heavy atom. The quantitative estimate of drug-likeness (QED) is 0.660. The van der Waals surface area contributed by atoms with Crippen LogP contribution in [-0.2, 0) is 0 Å². The van der Waals surface area contributed by atoms with Crippen molar-refractivity contribution in [2.24, 2.45) is 0 Å². The largest absolute Gasteiger partial charge is 0.425 e. The van der Waals surface area contributed by atoms with Crippen LogP contribution in [0.2, 0.25) is 0 Å². The predicted octanol–water partition coefficient (Wildman–Crippen LogP) is 4.18. The maximum atomic E-state index is 10.9. The summed E-state index contributed by atoms with van der Waals surface area (Å²) in [6.45, 7) is 1.81. The first-order valence-electron chi connectivity index (χ1n) is 9.85. The Labute approximate surface area is 170 Å². The van der Waals surface area contributed by atoms with Crippen LogP contribution in [-0.4, -0.2) is 33.3 Å². The Morgan fingerprint density at radius 1 is 1.07 bits per heavy atom. The lowest BCUT2D eigenvalue weighted by Crippen LogP contribution is -2.33. The van der Waals surface area contributed by atoms with Gasteiger partial charge in [-0.1, -0.05) is 36.4 Å². The molecule has 1 N–H and O–H groups in total. The van der Waals surface area contributed by atoms with E-state index in [0.717, 1.165) is 36.0 Å². The van der Waals surface area contributed by atoms with Gasteiger partial charge in [0.15, 0.2) is 0 Å². The van der Waals surface area contributed by atoms with Gasteiger partial charge in [-0.05, 0) is 55.1 Å². The van der Waals surface area contributed by atoms with Crippen molar-refractivity contribution in [3.05, 3.63) is 71.4 Å². The lowest BCUT2D eigenvalue weighted by Gasteiger charge is -2.29. The van der Waals surface area contributed by atoms with E-state index in [1.54, 1.807) is 6.92 Å². The SMILES string of the molecule is Cc1nnc(C2CCC(N(C)C(O)c3ccc(-c4ccc(C#N)cc4)cc3)C2)o1. The van der Waals surface area contributed by atoms with Crippen LogP contribution in [0.3, 0.4) is 0 Å². The van der Waals surface area contributed by atoms with Crippen molar-refractivity contribution in [2.75, 3.05) is 7.05 Å². The molecule has 0 aliphatic heterocycles. The molecule has 3 atom stereocenters. The van der Waals surface area contributed by atoms with Gasteiger partial charge in [-0.2, -0.15) is 5.26 Å². The number of hydrogen-bond donors (Lipinski definition) is 1. The highest BCUT2D eigenvalue weighted by Crippen LogP contribution is 2.38. The molecule has 29 heavy (non-hydrogen) atoms. The summed E-state index contributed by atoms with van der Waals surface area (Å²) in [4.78, 5) is 2.03. The lowest BCUT2D eigenvalue weighted by atomic mass is 10.0. The standard InChI is InChI=1S/C23H24N4O2/c1-15-25-26-22(29-15)20-11-12-21(13-20)27(2)23(28)19-9-7-18(8-10-19)17-5-3-16(14-24)4-6-17/h3-10,20-21,23,28H,11-13H2,1-2H3. The van der Waals surface area contributed by atoms with Crippen LogP contribution in [0, 0.1) is 18.3 Å². The molecule has 1 saturated carbocycles. The number of aromatic nitrogens is 2. The van der Waals surface area contributed by atoms with Gasteiger partial charge in [-0.3, -0.25) is 4.90 Å². The fraction of sp³-hybridized carbons (Fsp3) is 0.348. The number of rotatable bonds is 5. The summed E-state index contributed by atoms with van der Waals surface area (Å²) in [5, 5.41) is 27.9. The number of nitriles is 1. The normalized spacial score (nSPS) is 20.0. The van der Waals surface area contributed by atoms with Gasteiger partial charge in [0.05, 0.1) is 11.6 Å². The molecule has 6 heteroatoms. The molecule has 1 fully saturated rings. The monoisotopic (exact) mass is 388 g/mol. The Hall–Kier alpha value is -3.01. The Balaban J connectivity index is 1.42. The van der Waals surface area contributed by atoms with Crippen molar-refractivity contribution in [2.45, 2.75) is 44.4 Å². The van der Waals surface area contributed by atoms with Crippen LogP contribution < -0.4 is 0 Å². The summed E-state index contributed by atoms with van der Waals surface area (Å²) in [5.74, 6) is 1.56. The molecule has 4 rings (SSSR count). The van der Waals surface area contributed by atoms with Gasteiger partial charge in [-0.15, -0.1) is 10.2 Å². The van der Waals surface area contributed by atoms with E-state index in [4.69, 9.17) is 9.68 Å². The molecule has 1 heterocycles. The number of aryl methyl sites for hydroxylation is 1. The van der Waals surface area contributed by atoms with Crippen molar-refractivity contribution in [3.8, 4) is 17.2 Å². The third kappa shape index (κ3) is 4.07. The van der Waals surface area contributed by atoms with E-state index in [1.165, 1.54) is 0 Å². The van der Waals surface area contributed by atoms with Gasteiger partial charge in [0.2, 0.25) is 11.8 Å². The Kier molecular flexibility index (Phi) is 5.43. The minimum absolute atomic E-state index is 0.259. The average Bonchev–Trinajstić information content (AvgIpc) is 3.42. The minimum Gasteiger partial charge on any atom is -0.425 e. The summed E-state index contributed by atoms with van der Waals surface area (Å²) < 4.78 is 5.59. The minimum atomic E-state index is -0.668. The lowest BCUT2D eigenvalue weighted by molar-refractivity contribution is -0.00699. The van der Waals surface area contributed by atoms with Crippen LogP contribution in [0.25, 0.3) is 11.1 Å².